The standard InChI is InChI=1S/C8H18N.C5H12N.C3H7.In/c1-4-7-9(6-3)8-5-2;1-4-5-6(2)3;1-3-2;/h1,4-8H2,2-3H3;1,4-5H2,2-3H3;3H,1-2H3;. The number of nitrogens with zero attached hydrogens (tertiary/aromatic N) is 2. The third kappa shape index (κ3) is 11.2. The summed E-state index contributed by atoms with van der Waals surface area (Å²) >= 11 is -1.24. The molecule has 0 aromatic rings. The zero-order valence-electron chi connectivity index (χ0n) is 14.4. The number of rotatable bonds is 12. The molecule has 0 aliphatic heterocycles. The monoisotopic (exact) mass is 372 g/mol. The van der Waals surface area contributed by atoms with Crippen LogP contribution in [0.4, 0.5) is 0 Å². The SMILES string of the molecule is CCCN(CC)CC[CH2][In]([CH2]CCN(C)C)[CH](C)C. The van der Waals surface area contributed by atoms with Crippen molar-refractivity contribution >= 4 is 21.4 Å². The van der Waals surface area contributed by atoms with E-state index in [1.807, 2.05) is 0 Å². The Morgan fingerprint density at radius 1 is 0.895 bits per heavy atom. The molecule has 0 rings (SSSR count). The van der Waals surface area contributed by atoms with Gasteiger partial charge < -0.3 is 0 Å². The molecular weight excluding hydrogens is 335 g/mol. The average molecular weight is 372 g/mol. The molecule has 114 valence electrons. The van der Waals surface area contributed by atoms with Crippen LogP contribution in [0.5, 0.6) is 0 Å². The van der Waals surface area contributed by atoms with Gasteiger partial charge in [0.25, 0.3) is 0 Å². The van der Waals surface area contributed by atoms with E-state index >= 15 is 0 Å². The molecule has 0 aliphatic rings. The first-order valence-corrected chi connectivity index (χ1v) is 14.9. The summed E-state index contributed by atoms with van der Waals surface area (Å²) in [4.78, 5) is 4.96. The van der Waals surface area contributed by atoms with Crippen molar-refractivity contribution in [2.24, 2.45) is 0 Å². The van der Waals surface area contributed by atoms with Crippen LogP contribution in [-0.2, 0) is 0 Å². The molecule has 0 radical (unpaired) electrons. The van der Waals surface area contributed by atoms with Gasteiger partial charge in [0.15, 0.2) is 0 Å². The Balaban J connectivity index is 3.87. The zero-order valence-corrected chi connectivity index (χ0v) is 17.7. The predicted octanol–water partition coefficient (Wildman–Crippen LogP) is 3.96. The number of hydrogen-bond acceptors (Lipinski definition) is 2. The maximum absolute atomic E-state index is 2.63. The van der Waals surface area contributed by atoms with E-state index in [0.29, 0.717) is 0 Å². The average Bonchev–Trinajstić information content (AvgIpc) is 2.35. The summed E-state index contributed by atoms with van der Waals surface area (Å²) in [6.07, 6.45) is 4.21. The third-order valence-electron chi connectivity index (χ3n) is 4.16. The molecule has 0 bridgehead atoms. The summed E-state index contributed by atoms with van der Waals surface area (Å²) in [6.45, 7) is 14.7. The summed E-state index contributed by atoms with van der Waals surface area (Å²) in [7, 11) is 4.40. The second-order valence-corrected chi connectivity index (χ2v) is 18.0. The summed E-state index contributed by atoms with van der Waals surface area (Å²) < 4.78 is 4.27. The van der Waals surface area contributed by atoms with Crippen molar-refractivity contribution in [3.05, 3.63) is 0 Å². The molecule has 19 heavy (non-hydrogen) atoms. The normalized spacial score (nSPS) is 11.8. The Labute approximate surface area is 130 Å². The molecule has 0 unspecified atom stereocenters. The summed E-state index contributed by atoms with van der Waals surface area (Å²) in [6, 6.07) is 0. The van der Waals surface area contributed by atoms with Crippen molar-refractivity contribution in [3.63, 3.8) is 0 Å². The van der Waals surface area contributed by atoms with Crippen molar-refractivity contribution in [1.29, 1.82) is 0 Å². The Hall–Kier alpha value is 0.790. The molecule has 0 atom stereocenters. The van der Waals surface area contributed by atoms with Crippen molar-refractivity contribution < 1.29 is 0 Å². The molecule has 0 heterocycles. The minimum absolute atomic E-state index is 1.05. The first-order valence-electron chi connectivity index (χ1n) is 8.38. The Morgan fingerprint density at radius 2 is 1.47 bits per heavy atom. The molecule has 0 spiro atoms. The van der Waals surface area contributed by atoms with Crippen molar-refractivity contribution in [2.45, 2.75) is 59.0 Å². The molecule has 0 amide bonds. The summed E-state index contributed by atoms with van der Waals surface area (Å²) in [5.41, 5.74) is 0. The van der Waals surface area contributed by atoms with Gasteiger partial charge in [0, 0.05) is 0 Å². The van der Waals surface area contributed by atoms with E-state index in [1.165, 1.54) is 45.4 Å². The van der Waals surface area contributed by atoms with E-state index in [0.717, 1.165) is 3.67 Å². The van der Waals surface area contributed by atoms with Crippen LogP contribution in [0.2, 0.25) is 12.0 Å². The van der Waals surface area contributed by atoms with Crippen LogP contribution in [-0.4, -0.2) is 71.5 Å². The van der Waals surface area contributed by atoms with Crippen molar-refractivity contribution in [2.75, 3.05) is 40.3 Å². The van der Waals surface area contributed by atoms with Gasteiger partial charge in [0.2, 0.25) is 0 Å². The Kier molecular flexibility index (Phi) is 13.0. The molecule has 2 nitrogen and oxygen atoms in total. The van der Waals surface area contributed by atoms with Crippen LogP contribution in [0.3, 0.4) is 0 Å². The molecule has 0 fully saturated rings. The fraction of sp³-hybridized carbons (Fsp3) is 1.00. The van der Waals surface area contributed by atoms with Crippen molar-refractivity contribution in [1.82, 2.24) is 9.80 Å². The van der Waals surface area contributed by atoms with Gasteiger partial charge in [0.1, 0.15) is 0 Å². The Morgan fingerprint density at radius 3 is 1.89 bits per heavy atom. The molecule has 3 heteroatoms. The van der Waals surface area contributed by atoms with E-state index in [4.69, 9.17) is 0 Å². The van der Waals surface area contributed by atoms with Crippen LogP contribution in [0.25, 0.3) is 0 Å². The molecular formula is C16H37InN2. The maximum atomic E-state index is 2.63. The minimum atomic E-state index is -1.24. The first kappa shape index (κ1) is 19.8. The number of hydrogen-bond donors (Lipinski definition) is 0. The van der Waals surface area contributed by atoms with Gasteiger partial charge in [-0.25, -0.2) is 0 Å². The molecule has 0 N–H and O–H groups in total. The van der Waals surface area contributed by atoms with E-state index in [1.54, 1.807) is 8.35 Å². The van der Waals surface area contributed by atoms with E-state index in [2.05, 4.69) is 51.6 Å². The van der Waals surface area contributed by atoms with Crippen molar-refractivity contribution in [3.8, 4) is 0 Å². The molecule has 0 saturated heterocycles. The van der Waals surface area contributed by atoms with Gasteiger partial charge in [-0.15, -0.1) is 0 Å². The quantitative estimate of drug-likeness (QED) is 0.512. The second-order valence-electron chi connectivity index (χ2n) is 6.53. The van der Waals surface area contributed by atoms with Gasteiger partial charge in [-0.3, -0.25) is 0 Å². The fourth-order valence-corrected chi connectivity index (χ4v) is 11.5. The molecule has 0 aromatic carbocycles. The summed E-state index contributed by atoms with van der Waals surface area (Å²) in [5, 5.41) is 0. The third-order valence-corrected chi connectivity index (χ3v) is 16.1. The van der Waals surface area contributed by atoms with Crippen LogP contribution >= 0.6 is 0 Å². The van der Waals surface area contributed by atoms with Crippen LogP contribution in [0.15, 0.2) is 0 Å². The molecule has 0 saturated carbocycles. The van der Waals surface area contributed by atoms with Gasteiger partial charge in [-0.2, -0.15) is 0 Å². The van der Waals surface area contributed by atoms with Gasteiger partial charge in [-0.1, -0.05) is 0 Å². The van der Waals surface area contributed by atoms with Gasteiger partial charge in [-0.05, 0) is 0 Å². The predicted molar refractivity (Wildman–Crippen MR) is 90.7 cm³/mol. The Bertz CT molecular complexity index is 195. The molecule has 0 aliphatic carbocycles. The van der Waals surface area contributed by atoms with Crippen LogP contribution in [0, 0.1) is 0 Å². The molecule has 0 aromatic heterocycles. The van der Waals surface area contributed by atoms with Crippen LogP contribution < -0.4 is 0 Å². The summed E-state index contributed by atoms with van der Waals surface area (Å²) in [5.74, 6) is 0. The van der Waals surface area contributed by atoms with E-state index < -0.39 is 21.4 Å². The van der Waals surface area contributed by atoms with Gasteiger partial charge in [0.05, 0.1) is 0 Å². The second kappa shape index (κ2) is 12.5. The first-order chi connectivity index (χ1) is 9.01. The van der Waals surface area contributed by atoms with E-state index in [-0.39, 0.29) is 0 Å². The fourth-order valence-electron chi connectivity index (χ4n) is 2.80. The zero-order chi connectivity index (χ0) is 14.7. The van der Waals surface area contributed by atoms with E-state index in [9.17, 15) is 0 Å². The van der Waals surface area contributed by atoms with Gasteiger partial charge >= 0.3 is 130 Å². The van der Waals surface area contributed by atoms with Crippen LogP contribution in [0.1, 0.15) is 47.0 Å². The topological polar surface area (TPSA) is 6.48 Å².